The molecule has 1 aliphatic carbocycles. The summed E-state index contributed by atoms with van der Waals surface area (Å²) >= 11 is 0. The Bertz CT molecular complexity index is 588. The van der Waals surface area contributed by atoms with Gasteiger partial charge in [0.15, 0.2) is 0 Å². The summed E-state index contributed by atoms with van der Waals surface area (Å²) in [5.41, 5.74) is 0.0983. The first kappa shape index (κ1) is 19.3. The number of amides is 1. The van der Waals surface area contributed by atoms with Crippen LogP contribution in [0.5, 0.6) is 5.75 Å². The van der Waals surface area contributed by atoms with Crippen molar-refractivity contribution < 1.29 is 19.4 Å². The number of aliphatic carboxylic acids is 1. The van der Waals surface area contributed by atoms with Crippen LogP contribution in [0.2, 0.25) is 0 Å². The van der Waals surface area contributed by atoms with Gasteiger partial charge in [-0.2, -0.15) is 0 Å². The van der Waals surface area contributed by atoms with Gasteiger partial charge in [-0.05, 0) is 36.5 Å². The van der Waals surface area contributed by atoms with E-state index in [0.717, 1.165) is 30.6 Å². The summed E-state index contributed by atoms with van der Waals surface area (Å²) in [7, 11) is 1.62. The van der Waals surface area contributed by atoms with Crippen molar-refractivity contribution in [2.24, 2.45) is 11.3 Å². The van der Waals surface area contributed by atoms with Crippen LogP contribution in [0.15, 0.2) is 24.3 Å². The molecule has 25 heavy (non-hydrogen) atoms. The summed E-state index contributed by atoms with van der Waals surface area (Å²) in [4.78, 5) is 24.4. The number of benzene rings is 1. The number of carboxylic acids is 1. The van der Waals surface area contributed by atoms with Gasteiger partial charge in [-0.25, -0.2) is 0 Å². The van der Waals surface area contributed by atoms with Crippen LogP contribution in [0.25, 0.3) is 0 Å². The summed E-state index contributed by atoms with van der Waals surface area (Å²) in [6.45, 7) is 4.09. The van der Waals surface area contributed by atoms with Crippen molar-refractivity contribution in [2.45, 2.75) is 58.4 Å². The molecule has 0 aliphatic heterocycles. The minimum atomic E-state index is -0.899. The van der Waals surface area contributed by atoms with E-state index in [0.29, 0.717) is 12.8 Å². The van der Waals surface area contributed by atoms with Gasteiger partial charge in [-0.1, -0.05) is 45.2 Å². The van der Waals surface area contributed by atoms with Crippen molar-refractivity contribution in [2.75, 3.05) is 7.11 Å². The van der Waals surface area contributed by atoms with E-state index < -0.39 is 11.4 Å². The monoisotopic (exact) mass is 347 g/mol. The molecule has 2 N–H and O–H groups in total. The summed E-state index contributed by atoms with van der Waals surface area (Å²) in [5, 5.41) is 12.7. The standard InChI is InChI=1S/C20H29NO4/c1-14(2)18(15-7-9-16(25-3)10-8-15)21-17(22)13-20(19(23)24)11-5-4-6-12-20/h7-10,14,18H,4-6,11-13H2,1-3H3,(H,21,22)(H,23,24)/t18-/m0/s1. The largest absolute Gasteiger partial charge is 0.497 e. The number of carboxylic acid groups (broad SMARTS) is 1. The van der Waals surface area contributed by atoms with Gasteiger partial charge < -0.3 is 15.2 Å². The van der Waals surface area contributed by atoms with Gasteiger partial charge in [0.1, 0.15) is 5.75 Å². The molecule has 1 saturated carbocycles. The van der Waals surface area contributed by atoms with Crippen LogP contribution in [0.4, 0.5) is 0 Å². The molecule has 0 unspecified atom stereocenters. The van der Waals surface area contributed by atoms with Crippen LogP contribution in [0.3, 0.4) is 0 Å². The SMILES string of the molecule is COc1ccc([C@@H](NC(=O)CC2(C(=O)O)CCCCC2)C(C)C)cc1. The maximum atomic E-state index is 12.6. The van der Waals surface area contributed by atoms with Crippen LogP contribution in [-0.4, -0.2) is 24.1 Å². The predicted octanol–water partition coefficient (Wildman–Crippen LogP) is 3.93. The van der Waals surface area contributed by atoms with E-state index in [-0.39, 0.29) is 24.3 Å². The van der Waals surface area contributed by atoms with Crippen LogP contribution < -0.4 is 10.1 Å². The Balaban J connectivity index is 2.10. The third kappa shape index (κ3) is 4.74. The number of methoxy groups -OCH3 is 1. The lowest BCUT2D eigenvalue weighted by molar-refractivity contribution is -0.154. The number of nitrogens with one attached hydrogen (secondary N) is 1. The fraction of sp³-hybridized carbons (Fsp3) is 0.600. The Morgan fingerprint density at radius 2 is 1.76 bits per heavy atom. The van der Waals surface area contributed by atoms with Gasteiger partial charge in [-0.3, -0.25) is 9.59 Å². The van der Waals surface area contributed by atoms with Gasteiger partial charge in [0.2, 0.25) is 5.91 Å². The average molecular weight is 347 g/mol. The van der Waals surface area contributed by atoms with Crippen LogP contribution in [0, 0.1) is 11.3 Å². The molecule has 0 spiro atoms. The van der Waals surface area contributed by atoms with Gasteiger partial charge in [0.25, 0.3) is 0 Å². The minimum Gasteiger partial charge on any atom is -0.497 e. The Labute approximate surface area is 149 Å². The van der Waals surface area contributed by atoms with Gasteiger partial charge in [0, 0.05) is 6.42 Å². The molecule has 1 fully saturated rings. The highest BCUT2D eigenvalue weighted by Gasteiger charge is 2.41. The lowest BCUT2D eigenvalue weighted by atomic mass is 9.71. The zero-order valence-corrected chi connectivity index (χ0v) is 15.4. The molecule has 138 valence electrons. The van der Waals surface area contributed by atoms with Crippen molar-refractivity contribution in [1.29, 1.82) is 0 Å². The maximum Gasteiger partial charge on any atom is 0.310 e. The quantitative estimate of drug-likeness (QED) is 0.783. The predicted molar refractivity (Wildman–Crippen MR) is 96.5 cm³/mol. The van der Waals surface area contributed by atoms with Crippen molar-refractivity contribution in [3.8, 4) is 5.75 Å². The highest BCUT2D eigenvalue weighted by molar-refractivity contribution is 5.85. The average Bonchev–Trinajstić information content (AvgIpc) is 2.60. The Kier molecular flexibility index (Phi) is 6.45. The molecule has 0 bridgehead atoms. The fourth-order valence-corrected chi connectivity index (χ4v) is 3.67. The molecule has 1 aromatic rings. The van der Waals surface area contributed by atoms with E-state index in [1.54, 1.807) is 7.11 Å². The summed E-state index contributed by atoms with van der Waals surface area (Å²) in [6, 6.07) is 7.48. The zero-order valence-electron chi connectivity index (χ0n) is 15.4. The molecule has 0 aromatic heterocycles. The molecule has 5 heteroatoms. The van der Waals surface area contributed by atoms with Gasteiger partial charge >= 0.3 is 5.97 Å². The van der Waals surface area contributed by atoms with Crippen LogP contribution in [0.1, 0.15) is 64.0 Å². The first-order valence-corrected chi connectivity index (χ1v) is 9.05. The Morgan fingerprint density at radius 3 is 2.24 bits per heavy atom. The molecule has 0 heterocycles. The van der Waals surface area contributed by atoms with E-state index in [2.05, 4.69) is 5.32 Å². The third-order valence-electron chi connectivity index (χ3n) is 5.22. The van der Waals surface area contributed by atoms with E-state index >= 15 is 0 Å². The summed E-state index contributed by atoms with van der Waals surface area (Å²) in [5.74, 6) is -0.0548. The number of carbonyl (C=O) groups is 2. The van der Waals surface area contributed by atoms with Gasteiger partial charge in [0.05, 0.1) is 18.6 Å². The molecular formula is C20H29NO4. The first-order valence-electron chi connectivity index (χ1n) is 9.05. The van der Waals surface area contributed by atoms with Crippen molar-refractivity contribution >= 4 is 11.9 Å². The number of carbonyl (C=O) groups excluding carboxylic acids is 1. The second kappa shape index (κ2) is 8.37. The number of hydrogen-bond acceptors (Lipinski definition) is 3. The third-order valence-corrected chi connectivity index (χ3v) is 5.22. The van der Waals surface area contributed by atoms with Crippen molar-refractivity contribution in [3.63, 3.8) is 0 Å². The highest BCUT2D eigenvalue weighted by atomic mass is 16.5. The lowest BCUT2D eigenvalue weighted by Crippen LogP contribution is -2.41. The van der Waals surface area contributed by atoms with Crippen molar-refractivity contribution in [1.82, 2.24) is 5.32 Å². The van der Waals surface area contributed by atoms with E-state index in [4.69, 9.17) is 4.74 Å². The Hall–Kier alpha value is -2.04. The summed E-state index contributed by atoms with van der Waals surface area (Å²) in [6.07, 6.45) is 4.05. The first-order chi connectivity index (χ1) is 11.9. The van der Waals surface area contributed by atoms with Crippen LogP contribution in [-0.2, 0) is 9.59 Å². The van der Waals surface area contributed by atoms with E-state index in [1.807, 2.05) is 38.1 Å². The second-order valence-corrected chi connectivity index (χ2v) is 7.39. The molecule has 1 atom stereocenters. The summed E-state index contributed by atoms with van der Waals surface area (Å²) < 4.78 is 5.18. The van der Waals surface area contributed by atoms with E-state index in [1.165, 1.54) is 0 Å². The molecule has 1 aromatic carbocycles. The smallest absolute Gasteiger partial charge is 0.310 e. The van der Waals surface area contributed by atoms with Crippen LogP contribution >= 0.6 is 0 Å². The number of hydrogen-bond donors (Lipinski definition) is 2. The fourth-order valence-electron chi connectivity index (χ4n) is 3.67. The molecule has 0 saturated heterocycles. The molecule has 5 nitrogen and oxygen atoms in total. The Morgan fingerprint density at radius 1 is 1.16 bits per heavy atom. The van der Waals surface area contributed by atoms with E-state index in [9.17, 15) is 14.7 Å². The minimum absolute atomic E-state index is 0.0573. The van der Waals surface area contributed by atoms with Gasteiger partial charge in [-0.15, -0.1) is 0 Å². The molecular weight excluding hydrogens is 318 g/mol. The molecule has 2 rings (SSSR count). The number of ether oxygens (including phenoxy) is 1. The second-order valence-electron chi connectivity index (χ2n) is 7.39. The lowest BCUT2D eigenvalue weighted by Gasteiger charge is -2.33. The number of rotatable bonds is 7. The zero-order chi connectivity index (χ0) is 18.4. The normalized spacial score (nSPS) is 17.8. The molecule has 0 radical (unpaired) electrons. The maximum absolute atomic E-state index is 12.6. The van der Waals surface area contributed by atoms with Crippen molar-refractivity contribution in [3.05, 3.63) is 29.8 Å². The highest BCUT2D eigenvalue weighted by Crippen LogP contribution is 2.40. The molecule has 1 amide bonds. The molecule has 1 aliphatic rings. The topological polar surface area (TPSA) is 75.6 Å².